The minimum Gasteiger partial charge on any atom is -0.378 e. The fourth-order valence-electron chi connectivity index (χ4n) is 4.32. The molecule has 1 aromatic heterocycles. The van der Waals surface area contributed by atoms with Gasteiger partial charge in [-0.3, -0.25) is 4.90 Å². The van der Waals surface area contributed by atoms with Crippen LogP contribution in [0.15, 0.2) is 4.52 Å². The first-order chi connectivity index (χ1) is 11.7. The average molecular weight is 335 g/mol. The van der Waals surface area contributed by atoms with Crippen molar-refractivity contribution in [3.05, 3.63) is 11.7 Å². The van der Waals surface area contributed by atoms with E-state index in [9.17, 15) is 0 Å². The SMILES string of the molecule is CCc1noc(CN2CC[C@]3(OC)CC[C@H](OCC4CC4)C[C@H]23)n1. The zero-order valence-electron chi connectivity index (χ0n) is 14.9. The highest BCUT2D eigenvalue weighted by Crippen LogP contribution is 2.44. The first-order valence-corrected chi connectivity index (χ1v) is 9.44. The van der Waals surface area contributed by atoms with Crippen molar-refractivity contribution in [3.8, 4) is 0 Å². The predicted molar refractivity (Wildman–Crippen MR) is 88.5 cm³/mol. The molecular formula is C18H29N3O3. The zero-order valence-corrected chi connectivity index (χ0v) is 14.9. The van der Waals surface area contributed by atoms with Crippen LogP contribution < -0.4 is 0 Å². The van der Waals surface area contributed by atoms with Gasteiger partial charge in [0.15, 0.2) is 5.82 Å². The molecule has 0 N–H and O–H groups in total. The maximum absolute atomic E-state index is 6.19. The zero-order chi connectivity index (χ0) is 16.6. The number of aryl methyl sites for hydroxylation is 1. The Balaban J connectivity index is 1.42. The third-order valence-corrected chi connectivity index (χ3v) is 6.08. The van der Waals surface area contributed by atoms with Crippen molar-refractivity contribution in [2.75, 3.05) is 20.3 Å². The molecule has 0 radical (unpaired) electrons. The molecule has 3 atom stereocenters. The van der Waals surface area contributed by atoms with Gasteiger partial charge in [-0.1, -0.05) is 12.1 Å². The molecule has 6 nitrogen and oxygen atoms in total. The number of nitrogens with zero attached hydrogens (tertiary/aromatic N) is 3. The van der Waals surface area contributed by atoms with Gasteiger partial charge >= 0.3 is 0 Å². The van der Waals surface area contributed by atoms with Crippen LogP contribution in [0.5, 0.6) is 0 Å². The molecule has 134 valence electrons. The molecule has 1 aromatic rings. The van der Waals surface area contributed by atoms with Crippen LogP contribution in [-0.4, -0.2) is 53.0 Å². The maximum atomic E-state index is 6.19. The molecule has 0 bridgehead atoms. The van der Waals surface area contributed by atoms with Crippen LogP contribution in [0.1, 0.15) is 57.2 Å². The van der Waals surface area contributed by atoms with Crippen LogP contribution in [0.25, 0.3) is 0 Å². The van der Waals surface area contributed by atoms with Gasteiger partial charge in [-0.05, 0) is 44.4 Å². The van der Waals surface area contributed by atoms with E-state index in [4.69, 9.17) is 14.0 Å². The number of fused-ring (bicyclic) bond motifs is 1. The molecule has 2 aliphatic carbocycles. The highest BCUT2D eigenvalue weighted by atomic mass is 16.5. The van der Waals surface area contributed by atoms with Crippen molar-refractivity contribution in [2.45, 2.75) is 76.2 Å². The molecular weight excluding hydrogens is 306 g/mol. The lowest BCUT2D eigenvalue weighted by atomic mass is 9.79. The van der Waals surface area contributed by atoms with Gasteiger partial charge in [0, 0.05) is 32.7 Å². The highest BCUT2D eigenvalue weighted by Gasteiger charge is 2.51. The van der Waals surface area contributed by atoms with Crippen molar-refractivity contribution in [1.29, 1.82) is 0 Å². The van der Waals surface area contributed by atoms with Crippen LogP contribution in [-0.2, 0) is 22.4 Å². The van der Waals surface area contributed by atoms with Gasteiger partial charge in [0.05, 0.1) is 18.2 Å². The number of rotatable bonds is 7. The first-order valence-electron chi connectivity index (χ1n) is 9.44. The summed E-state index contributed by atoms with van der Waals surface area (Å²) in [4.78, 5) is 6.94. The fourth-order valence-corrected chi connectivity index (χ4v) is 4.32. The van der Waals surface area contributed by atoms with Crippen LogP contribution >= 0.6 is 0 Å². The molecule has 0 unspecified atom stereocenters. The maximum Gasteiger partial charge on any atom is 0.240 e. The Morgan fingerprint density at radius 2 is 2.17 bits per heavy atom. The summed E-state index contributed by atoms with van der Waals surface area (Å²) < 4.78 is 17.6. The quantitative estimate of drug-likeness (QED) is 0.763. The second kappa shape index (κ2) is 6.73. The molecule has 0 amide bonds. The number of hydrogen-bond acceptors (Lipinski definition) is 6. The summed E-state index contributed by atoms with van der Waals surface area (Å²) in [5, 5.41) is 4.02. The first kappa shape index (κ1) is 16.5. The highest BCUT2D eigenvalue weighted by molar-refractivity contribution is 5.06. The Labute approximate surface area is 143 Å². The van der Waals surface area contributed by atoms with Crippen molar-refractivity contribution in [3.63, 3.8) is 0 Å². The summed E-state index contributed by atoms with van der Waals surface area (Å²) in [6, 6.07) is 0.387. The monoisotopic (exact) mass is 335 g/mol. The van der Waals surface area contributed by atoms with E-state index < -0.39 is 0 Å². The lowest BCUT2D eigenvalue weighted by Crippen LogP contribution is -2.51. The number of likely N-dealkylation sites (tertiary alicyclic amines) is 1. The van der Waals surface area contributed by atoms with E-state index in [1.54, 1.807) is 0 Å². The van der Waals surface area contributed by atoms with E-state index in [2.05, 4.69) is 15.0 Å². The summed E-state index contributed by atoms with van der Waals surface area (Å²) in [6.07, 6.45) is 8.21. The molecule has 3 aliphatic rings. The van der Waals surface area contributed by atoms with E-state index in [0.717, 1.165) is 69.4 Å². The Morgan fingerprint density at radius 1 is 1.29 bits per heavy atom. The topological polar surface area (TPSA) is 60.6 Å². The summed E-state index contributed by atoms with van der Waals surface area (Å²) in [7, 11) is 1.86. The third kappa shape index (κ3) is 3.24. The number of aromatic nitrogens is 2. The number of hydrogen-bond donors (Lipinski definition) is 0. The molecule has 24 heavy (non-hydrogen) atoms. The van der Waals surface area contributed by atoms with E-state index in [-0.39, 0.29) is 5.60 Å². The molecule has 1 aliphatic heterocycles. The second-order valence-electron chi connectivity index (χ2n) is 7.64. The third-order valence-electron chi connectivity index (χ3n) is 6.08. The molecule has 0 spiro atoms. The standard InChI is InChI=1S/C18H29N3O3/c1-3-16-19-17(24-20-16)11-21-9-8-18(22-2)7-6-14(10-15(18)21)23-12-13-4-5-13/h13-15H,3-12H2,1-2H3/t14-,15-,18+/m0/s1. The molecule has 3 fully saturated rings. The number of methoxy groups -OCH3 is 1. The van der Waals surface area contributed by atoms with E-state index >= 15 is 0 Å². The Morgan fingerprint density at radius 3 is 2.88 bits per heavy atom. The lowest BCUT2D eigenvalue weighted by Gasteiger charge is -2.43. The van der Waals surface area contributed by atoms with Crippen LogP contribution in [0, 0.1) is 5.92 Å². The Hall–Kier alpha value is -0.980. The van der Waals surface area contributed by atoms with Gasteiger partial charge in [-0.25, -0.2) is 0 Å². The Bertz CT molecular complexity index is 559. The van der Waals surface area contributed by atoms with Crippen molar-refractivity contribution < 1.29 is 14.0 Å². The van der Waals surface area contributed by atoms with Gasteiger partial charge in [0.2, 0.25) is 5.89 Å². The molecule has 2 saturated carbocycles. The fraction of sp³-hybridized carbons (Fsp3) is 0.889. The molecule has 0 aromatic carbocycles. The van der Waals surface area contributed by atoms with Gasteiger partial charge in [-0.15, -0.1) is 0 Å². The predicted octanol–water partition coefficient (Wildman–Crippen LogP) is 2.57. The van der Waals surface area contributed by atoms with Gasteiger partial charge in [0.1, 0.15) is 0 Å². The molecule has 6 heteroatoms. The Kier molecular flexibility index (Phi) is 4.62. The normalized spacial score (nSPS) is 33.8. The minimum atomic E-state index is -0.0208. The average Bonchev–Trinajstić information content (AvgIpc) is 3.22. The van der Waals surface area contributed by atoms with Gasteiger partial charge < -0.3 is 14.0 Å². The van der Waals surface area contributed by atoms with E-state index in [1.807, 2.05) is 14.0 Å². The van der Waals surface area contributed by atoms with Gasteiger partial charge in [0.25, 0.3) is 0 Å². The molecule has 4 rings (SSSR count). The van der Waals surface area contributed by atoms with Crippen molar-refractivity contribution >= 4 is 0 Å². The minimum absolute atomic E-state index is 0.0208. The summed E-state index contributed by atoms with van der Waals surface area (Å²) in [5.41, 5.74) is -0.0208. The van der Waals surface area contributed by atoms with Gasteiger partial charge in [-0.2, -0.15) is 4.98 Å². The van der Waals surface area contributed by atoms with E-state index in [0.29, 0.717) is 12.1 Å². The number of ether oxygens (including phenoxy) is 2. The molecule has 1 saturated heterocycles. The smallest absolute Gasteiger partial charge is 0.240 e. The van der Waals surface area contributed by atoms with Crippen LogP contribution in [0.4, 0.5) is 0 Å². The van der Waals surface area contributed by atoms with E-state index in [1.165, 1.54) is 12.8 Å². The summed E-state index contributed by atoms with van der Waals surface area (Å²) in [5.74, 6) is 2.33. The van der Waals surface area contributed by atoms with Crippen LogP contribution in [0.2, 0.25) is 0 Å². The summed E-state index contributed by atoms with van der Waals surface area (Å²) >= 11 is 0. The van der Waals surface area contributed by atoms with Crippen molar-refractivity contribution in [1.82, 2.24) is 15.0 Å². The second-order valence-corrected chi connectivity index (χ2v) is 7.64. The summed E-state index contributed by atoms with van der Waals surface area (Å²) in [6.45, 7) is 4.74. The lowest BCUT2D eigenvalue weighted by molar-refractivity contribution is -0.104. The van der Waals surface area contributed by atoms with Crippen LogP contribution in [0.3, 0.4) is 0 Å². The molecule has 2 heterocycles. The van der Waals surface area contributed by atoms with Crippen molar-refractivity contribution in [2.24, 2.45) is 5.92 Å². The largest absolute Gasteiger partial charge is 0.378 e.